The molecule has 3 rings (SSSR count). The van der Waals surface area contributed by atoms with Crippen molar-refractivity contribution in [2.45, 2.75) is 117 Å². The summed E-state index contributed by atoms with van der Waals surface area (Å²) >= 11 is 0. The molecule has 2 N–H and O–H groups in total. The number of terminal acetylenes is 1. The van der Waals surface area contributed by atoms with Crippen molar-refractivity contribution in [3.8, 4) is 12.3 Å². The molecule has 1 aliphatic carbocycles. The van der Waals surface area contributed by atoms with Crippen LogP contribution in [0.25, 0.3) is 0 Å². The molecule has 0 radical (unpaired) electrons. The van der Waals surface area contributed by atoms with Crippen LogP contribution in [0.3, 0.4) is 0 Å². The smallest absolute Gasteiger partial charge is 0.227 e. The van der Waals surface area contributed by atoms with Crippen molar-refractivity contribution in [3.63, 3.8) is 0 Å². The molecule has 3 aliphatic rings. The number of nitrogens with one attached hydrogen (secondary N) is 1. The van der Waals surface area contributed by atoms with E-state index in [0.717, 1.165) is 49.8 Å². The summed E-state index contributed by atoms with van der Waals surface area (Å²) in [5.74, 6) is 4.55. The highest BCUT2D eigenvalue weighted by Gasteiger charge is 2.49. The Morgan fingerprint density at radius 2 is 1.88 bits per heavy atom. The van der Waals surface area contributed by atoms with E-state index in [1.165, 1.54) is 32.1 Å². The normalized spacial score (nSPS) is 25.2. The van der Waals surface area contributed by atoms with E-state index < -0.39 is 6.10 Å². The van der Waals surface area contributed by atoms with Gasteiger partial charge in [-0.05, 0) is 89.9 Å². The fourth-order valence-electron chi connectivity index (χ4n) is 6.30. The fourth-order valence-corrected chi connectivity index (χ4v) is 6.30. The molecule has 40 heavy (non-hydrogen) atoms. The molecule has 1 saturated carbocycles. The van der Waals surface area contributed by atoms with Gasteiger partial charge >= 0.3 is 0 Å². The first-order valence-electron chi connectivity index (χ1n) is 15.6. The number of piperidine rings is 1. The van der Waals surface area contributed by atoms with Gasteiger partial charge in [0.1, 0.15) is 11.5 Å². The van der Waals surface area contributed by atoms with Crippen LogP contribution in [0.15, 0.2) is 42.1 Å². The minimum absolute atomic E-state index is 0.0295. The summed E-state index contributed by atoms with van der Waals surface area (Å²) in [6.45, 7) is 21.5. The first-order valence-corrected chi connectivity index (χ1v) is 15.6. The number of carbonyl (C=O) groups excluding carboxylic acids is 1. The van der Waals surface area contributed by atoms with Crippen LogP contribution in [0.5, 0.6) is 0 Å². The molecule has 0 aromatic carbocycles. The highest BCUT2D eigenvalue weighted by atomic mass is 16.3. The molecular weight excluding hydrogens is 496 g/mol. The summed E-state index contributed by atoms with van der Waals surface area (Å²) in [5.41, 5.74) is 0.883. The van der Waals surface area contributed by atoms with Gasteiger partial charge in [-0.25, -0.2) is 4.99 Å². The van der Waals surface area contributed by atoms with Crippen LogP contribution in [0, 0.1) is 30.1 Å². The van der Waals surface area contributed by atoms with Gasteiger partial charge < -0.3 is 20.2 Å². The van der Waals surface area contributed by atoms with E-state index in [1.807, 2.05) is 0 Å². The highest BCUT2D eigenvalue weighted by Crippen LogP contribution is 2.47. The molecular formula is C34H56N4O2. The standard InChI is InChI=1S/C31H52N4O2.C3H4/c1-7-26(30(37)32-20-17-24(5)36)13-12-14-28(8-2)35-25(6)29(34-21-10-9-11-22-34)33-31(35)18-15-27(16-19-31)23(3)4;1-3-2/h7,12,14,23-24,26-28,36H,1,6,8-11,13,15-22H2,2-5H3,(H,32,37);1H,2H3/b14-12+;/t24?,26?,27?,28-,31?;/m1./s1. The van der Waals surface area contributed by atoms with Gasteiger partial charge in [0, 0.05) is 25.7 Å². The Labute approximate surface area is 245 Å². The van der Waals surface area contributed by atoms with Crippen molar-refractivity contribution in [3.05, 3.63) is 37.1 Å². The second-order valence-electron chi connectivity index (χ2n) is 12.1. The molecule has 0 aromatic heterocycles. The fraction of sp³-hybridized carbons (Fsp3) is 0.706. The molecule has 0 bridgehead atoms. The topological polar surface area (TPSA) is 68.2 Å². The van der Waals surface area contributed by atoms with E-state index in [2.05, 4.69) is 73.5 Å². The SMILES string of the molecule is C#CC.C=CC(C/C=C/[C@@H](CC)N1C(=C)C(N2CCCCC2)=NC12CCC(C(C)C)CC2)C(=O)NCCC(C)O. The zero-order chi connectivity index (χ0) is 29.7. The average molecular weight is 553 g/mol. The minimum Gasteiger partial charge on any atom is -0.393 e. The first kappa shape index (κ1) is 33.7. The number of likely N-dealkylation sites (tertiary alicyclic amines) is 1. The molecule has 6 heteroatoms. The van der Waals surface area contributed by atoms with Gasteiger partial charge in [-0.2, -0.15) is 0 Å². The maximum atomic E-state index is 12.6. The van der Waals surface area contributed by atoms with E-state index in [-0.39, 0.29) is 23.5 Å². The number of rotatable bonds is 11. The van der Waals surface area contributed by atoms with Crippen LogP contribution >= 0.6 is 0 Å². The molecule has 2 fully saturated rings. The van der Waals surface area contributed by atoms with E-state index in [9.17, 15) is 9.90 Å². The number of amides is 1. The number of hydrogen-bond donors (Lipinski definition) is 2. The second kappa shape index (κ2) is 16.7. The second-order valence-corrected chi connectivity index (χ2v) is 12.1. The third kappa shape index (κ3) is 8.99. The molecule has 2 heterocycles. The van der Waals surface area contributed by atoms with Crippen LogP contribution in [-0.4, -0.2) is 64.1 Å². The summed E-state index contributed by atoms with van der Waals surface area (Å²) < 4.78 is 0. The van der Waals surface area contributed by atoms with Crippen LogP contribution < -0.4 is 5.32 Å². The van der Waals surface area contributed by atoms with Crippen molar-refractivity contribution in [1.29, 1.82) is 0 Å². The summed E-state index contributed by atoms with van der Waals surface area (Å²) in [5, 5.41) is 12.4. The molecule has 1 spiro atoms. The van der Waals surface area contributed by atoms with Crippen LogP contribution in [0.4, 0.5) is 0 Å². The summed E-state index contributed by atoms with van der Waals surface area (Å²) in [4.78, 5) is 23.1. The zero-order valence-electron chi connectivity index (χ0n) is 26.0. The maximum absolute atomic E-state index is 12.6. The van der Waals surface area contributed by atoms with Crippen LogP contribution in [0.1, 0.15) is 98.8 Å². The Kier molecular flexibility index (Phi) is 14.0. The van der Waals surface area contributed by atoms with Crippen molar-refractivity contribution in [2.24, 2.45) is 22.7 Å². The lowest BCUT2D eigenvalue weighted by atomic mass is 9.76. The third-order valence-corrected chi connectivity index (χ3v) is 8.72. The number of nitrogens with zero attached hydrogens (tertiary/aromatic N) is 3. The van der Waals surface area contributed by atoms with Gasteiger partial charge in [-0.1, -0.05) is 45.6 Å². The van der Waals surface area contributed by atoms with Gasteiger partial charge in [0.15, 0.2) is 0 Å². The van der Waals surface area contributed by atoms with Gasteiger partial charge in [0.2, 0.25) is 5.91 Å². The number of aliphatic hydroxyl groups is 1. The van der Waals surface area contributed by atoms with E-state index in [1.54, 1.807) is 19.9 Å². The molecule has 6 nitrogen and oxygen atoms in total. The molecule has 2 aliphatic heterocycles. The number of carbonyl (C=O) groups is 1. The molecule has 224 valence electrons. The van der Waals surface area contributed by atoms with Crippen molar-refractivity contribution >= 4 is 11.7 Å². The number of amidine groups is 1. The Hall–Kier alpha value is -2.52. The maximum Gasteiger partial charge on any atom is 0.227 e. The Morgan fingerprint density at radius 1 is 1.25 bits per heavy atom. The molecule has 2 unspecified atom stereocenters. The molecule has 3 atom stereocenters. The zero-order valence-corrected chi connectivity index (χ0v) is 26.0. The van der Waals surface area contributed by atoms with E-state index in [0.29, 0.717) is 25.3 Å². The van der Waals surface area contributed by atoms with Crippen LogP contribution in [0.2, 0.25) is 0 Å². The monoisotopic (exact) mass is 552 g/mol. The predicted molar refractivity (Wildman–Crippen MR) is 169 cm³/mol. The number of allylic oxidation sites excluding steroid dienone is 1. The van der Waals surface area contributed by atoms with Crippen molar-refractivity contribution < 1.29 is 9.90 Å². The minimum atomic E-state index is -0.416. The van der Waals surface area contributed by atoms with E-state index in [4.69, 9.17) is 4.99 Å². The Bertz CT molecular complexity index is 915. The van der Waals surface area contributed by atoms with Crippen molar-refractivity contribution in [1.82, 2.24) is 15.1 Å². The number of hydrogen-bond acceptors (Lipinski definition) is 5. The van der Waals surface area contributed by atoms with Crippen LogP contribution in [-0.2, 0) is 4.79 Å². The van der Waals surface area contributed by atoms with E-state index >= 15 is 0 Å². The largest absolute Gasteiger partial charge is 0.393 e. The van der Waals surface area contributed by atoms with Crippen molar-refractivity contribution in [2.75, 3.05) is 19.6 Å². The lowest BCUT2D eigenvalue weighted by Crippen LogP contribution is -2.50. The molecule has 1 saturated heterocycles. The summed E-state index contributed by atoms with van der Waals surface area (Å²) in [6, 6.07) is 0.193. The lowest BCUT2D eigenvalue weighted by molar-refractivity contribution is -0.123. The van der Waals surface area contributed by atoms with Gasteiger partial charge in [0.25, 0.3) is 0 Å². The number of aliphatic imine (C=N–C) groups is 1. The third-order valence-electron chi connectivity index (χ3n) is 8.72. The predicted octanol–water partition coefficient (Wildman–Crippen LogP) is 6.30. The molecule has 1 amide bonds. The van der Waals surface area contributed by atoms with Gasteiger partial charge in [-0.15, -0.1) is 18.9 Å². The highest BCUT2D eigenvalue weighted by molar-refractivity contribution is 5.99. The average Bonchev–Trinajstić information content (AvgIpc) is 3.21. The lowest BCUT2D eigenvalue weighted by Gasteiger charge is -2.46. The van der Waals surface area contributed by atoms with Gasteiger partial charge in [0.05, 0.1) is 17.7 Å². The Balaban J connectivity index is 0.00000178. The quantitative estimate of drug-likeness (QED) is 0.233. The molecule has 0 aromatic rings. The first-order chi connectivity index (χ1) is 19.1. The summed E-state index contributed by atoms with van der Waals surface area (Å²) in [7, 11) is 0. The summed E-state index contributed by atoms with van der Waals surface area (Å²) in [6.07, 6.45) is 20.8. The number of aliphatic hydroxyl groups excluding tert-OH is 1. The van der Waals surface area contributed by atoms with Gasteiger partial charge in [-0.3, -0.25) is 4.79 Å². The Morgan fingerprint density at radius 3 is 2.40 bits per heavy atom.